The summed E-state index contributed by atoms with van der Waals surface area (Å²) < 4.78 is 3.15. The number of nitrogens with one attached hydrogen (secondary N) is 2. The summed E-state index contributed by atoms with van der Waals surface area (Å²) in [4.78, 5) is 33.3. The van der Waals surface area contributed by atoms with Crippen molar-refractivity contribution in [3.05, 3.63) is 76.5 Å². The number of hydrogen-bond donors (Lipinski definition) is 2. The van der Waals surface area contributed by atoms with E-state index in [9.17, 15) is 9.59 Å². The lowest BCUT2D eigenvalue weighted by Crippen LogP contribution is -2.42. The van der Waals surface area contributed by atoms with E-state index in [4.69, 9.17) is 5.73 Å². The molecule has 0 saturated heterocycles. The van der Waals surface area contributed by atoms with E-state index in [2.05, 4.69) is 15.3 Å². The second kappa shape index (κ2) is 7.07. The smallest absolute Gasteiger partial charge is 0.278 e. The first-order valence-corrected chi connectivity index (χ1v) is 8.96. The van der Waals surface area contributed by atoms with Gasteiger partial charge in [-0.3, -0.25) is 14.0 Å². The zero-order valence-electron chi connectivity index (χ0n) is 15.3. The summed E-state index contributed by atoms with van der Waals surface area (Å²) in [6, 6.07) is 10.6. The molecule has 1 amide bonds. The van der Waals surface area contributed by atoms with E-state index in [0.717, 1.165) is 5.56 Å². The first-order valence-electron chi connectivity index (χ1n) is 8.96. The van der Waals surface area contributed by atoms with Crippen LogP contribution in [0.2, 0.25) is 0 Å². The van der Waals surface area contributed by atoms with Gasteiger partial charge in [0.25, 0.3) is 17.1 Å². The highest BCUT2D eigenvalue weighted by Gasteiger charge is 2.23. The lowest BCUT2D eigenvalue weighted by molar-refractivity contribution is -0.655. The number of rotatable bonds is 4. The molecule has 0 aliphatic carbocycles. The summed E-state index contributed by atoms with van der Waals surface area (Å²) in [5.74, 6) is -0.0673. The van der Waals surface area contributed by atoms with E-state index in [0.29, 0.717) is 29.8 Å². The van der Waals surface area contributed by atoms with Gasteiger partial charge in [0.15, 0.2) is 12.4 Å². The molecule has 0 atom stereocenters. The lowest BCUT2D eigenvalue weighted by atomic mass is 10.1. The number of aromatic amines is 1. The molecule has 0 bridgehead atoms. The number of H-pyrrole nitrogens is 1. The molecule has 4 aromatic heterocycles. The van der Waals surface area contributed by atoms with Crippen molar-refractivity contribution >= 4 is 28.4 Å². The summed E-state index contributed by atoms with van der Waals surface area (Å²) in [7, 11) is 0. The Hall–Kier alpha value is -3.81. The molecule has 8 heteroatoms. The van der Waals surface area contributed by atoms with E-state index in [-0.39, 0.29) is 22.8 Å². The van der Waals surface area contributed by atoms with E-state index >= 15 is 0 Å². The molecule has 0 saturated carbocycles. The number of nitrogens with two attached hydrogens (primary N) is 1. The Labute approximate surface area is 160 Å². The lowest BCUT2D eigenvalue weighted by Gasteiger charge is -2.11. The molecule has 0 unspecified atom stereocenters. The van der Waals surface area contributed by atoms with Crippen molar-refractivity contribution in [3.63, 3.8) is 0 Å². The Morgan fingerprint density at radius 3 is 2.93 bits per heavy atom. The molecule has 4 heterocycles. The van der Waals surface area contributed by atoms with Crippen molar-refractivity contribution < 1.29 is 14.3 Å². The molecule has 0 spiro atoms. The van der Waals surface area contributed by atoms with Gasteiger partial charge in [-0.25, -0.2) is 9.55 Å². The number of pyridine rings is 3. The first kappa shape index (κ1) is 17.6. The number of carbonyl (C=O) groups excluding carboxylic acids is 1. The standard InChI is InChI=1S/C20H18N6O2/c1-2-25-17(21)14(19(27)23-12-13-6-5-8-22-11-13)10-15-18(25)24-16-7-3-4-9-26(16)20(15)28/h3-11,21H,2,12H2,1H3,(H,23,27)/p+2. The molecule has 4 rings (SSSR count). The van der Waals surface area contributed by atoms with Crippen molar-refractivity contribution in [1.82, 2.24) is 14.7 Å². The maximum atomic E-state index is 13.0. The van der Waals surface area contributed by atoms with Crippen LogP contribution >= 0.6 is 0 Å². The molecule has 0 aliphatic rings. The van der Waals surface area contributed by atoms with Gasteiger partial charge in [0, 0.05) is 24.4 Å². The molecule has 8 nitrogen and oxygen atoms in total. The number of aryl methyl sites for hydroxylation is 1. The number of amides is 1. The number of anilines is 1. The molecule has 4 aromatic rings. The largest absolute Gasteiger partial charge is 0.348 e. The van der Waals surface area contributed by atoms with E-state index < -0.39 is 0 Å². The fourth-order valence-corrected chi connectivity index (χ4v) is 3.22. The van der Waals surface area contributed by atoms with Crippen LogP contribution in [-0.4, -0.2) is 15.3 Å². The second-order valence-corrected chi connectivity index (χ2v) is 6.36. The Kier molecular flexibility index (Phi) is 4.44. The van der Waals surface area contributed by atoms with Crippen LogP contribution in [0.15, 0.2) is 59.8 Å². The van der Waals surface area contributed by atoms with Crippen LogP contribution in [0, 0.1) is 0 Å². The fourth-order valence-electron chi connectivity index (χ4n) is 3.22. The maximum Gasteiger partial charge on any atom is 0.278 e. The van der Waals surface area contributed by atoms with Gasteiger partial charge in [-0.05, 0) is 31.2 Å². The second-order valence-electron chi connectivity index (χ2n) is 6.36. The predicted octanol–water partition coefficient (Wildman–Crippen LogP) is 0.481. The van der Waals surface area contributed by atoms with Gasteiger partial charge in [0.2, 0.25) is 11.5 Å². The van der Waals surface area contributed by atoms with Gasteiger partial charge in [-0.2, -0.15) is 0 Å². The topological polar surface area (TPSA) is 108 Å². The normalized spacial score (nSPS) is 11.0. The number of fused-ring (bicyclic) bond motifs is 2. The summed E-state index contributed by atoms with van der Waals surface area (Å²) in [6.45, 7) is 2.72. The average molecular weight is 376 g/mol. The Morgan fingerprint density at radius 2 is 2.18 bits per heavy atom. The molecule has 4 N–H and O–H groups in total. The molecular weight excluding hydrogens is 356 g/mol. The van der Waals surface area contributed by atoms with Crippen LogP contribution in [-0.2, 0) is 13.1 Å². The predicted molar refractivity (Wildman–Crippen MR) is 103 cm³/mol. The minimum Gasteiger partial charge on any atom is -0.348 e. The molecule has 0 aliphatic heterocycles. The third kappa shape index (κ3) is 2.94. The van der Waals surface area contributed by atoms with E-state index in [1.165, 1.54) is 10.5 Å². The van der Waals surface area contributed by atoms with Crippen LogP contribution in [0.3, 0.4) is 0 Å². The zero-order valence-corrected chi connectivity index (χ0v) is 15.3. The summed E-state index contributed by atoms with van der Waals surface area (Å²) in [6.07, 6.45) is 5.25. The quantitative estimate of drug-likeness (QED) is 0.399. The summed E-state index contributed by atoms with van der Waals surface area (Å²) in [5, 5.41) is 3.19. The van der Waals surface area contributed by atoms with Crippen molar-refractivity contribution in [1.29, 1.82) is 0 Å². The van der Waals surface area contributed by atoms with Crippen molar-refractivity contribution in [2.45, 2.75) is 20.0 Å². The van der Waals surface area contributed by atoms with Crippen molar-refractivity contribution in [2.75, 3.05) is 5.73 Å². The van der Waals surface area contributed by atoms with Crippen LogP contribution < -0.4 is 26.2 Å². The van der Waals surface area contributed by atoms with Crippen LogP contribution in [0.4, 0.5) is 5.82 Å². The molecule has 0 radical (unpaired) electrons. The highest BCUT2D eigenvalue weighted by molar-refractivity contribution is 6.00. The molecule has 0 aromatic carbocycles. The molecule has 28 heavy (non-hydrogen) atoms. The van der Waals surface area contributed by atoms with Crippen LogP contribution in [0.5, 0.6) is 0 Å². The number of hydrogen-bond acceptors (Lipinski definition) is 4. The van der Waals surface area contributed by atoms with Gasteiger partial charge in [0.05, 0.1) is 6.54 Å². The Morgan fingerprint density at radius 1 is 1.32 bits per heavy atom. The number of aromatic nitrogens is 4. The Balaban J connectivity index is 1.83. The highest BCUT2D eigenvalue weighted by Crippen LogP contribution is 2.14. The van der Waals surface area contributed by atoms with Gasteiger partial charge < -0.3 is 11.1 Å². The Bertz CT molecular complexity index is 1250. The average Bonchev–Trinajstić information content (AvgIpc) is 2.73. The number of carbonyl (C=O) groups is 1. The van der Waals surface area contributed by atoms with Crippen molar-refractivity contribution in [3.8, 4) is 0 Å². The SMILES string of the molecule is CC[n+]1c(N)c(C(=O)NCc2ccc[nH+]c2)cc2c(=O)n3ccccc3nc21. The van der Waals surface area contributed by atoms with Gasteiger partial charge in [-0.15, -0.1) is 0 Å². The number of nitrogens with zero attached hydrogens (tertiary/aromatic N) is 3. The van der Waals surface area contributed by atoms with E-state index in [1.807, 2.05) is 25.1 Å². The minimum absolute atomic E-state index is 0.241. The third-order valence-corrected chi connectivity index (χ3v) is 4.65. The maximum absolute atomic E-state index is 13.0. The fraction of sp³-hybridized carbons (Fsp3) is 0.150. The minimum atomic E-state index is -0.344. The molecule has 0 fully saturated rings. The summed E-state index contributed by atoms with van der Waals surface area (Å²) in [5.41, 5.74) is 8.20. The zero-order chi connectivity index (χ0) is 19.7. The summed E-state index contributed by atoms with van der Waals surface area (Å²) >= 11 is 0. The van der Waals surface area contributed by atoms with Crippen LogP contribution in [0.25, 0.3) is 16.7 Å². The van der Waals surface area contributed by atoms with Crippen molar-refractivity contribution in [2.24, 2.45) is 0 Å². The highest BCUT2D eigenvalue weighted by atomic mass is 16.1. The van der Waals surface area contributed by atoms with Gasteiger partial charge in [0.1, 0.15) is 10.9 Å². The van der Waals surface area contributed by atoms with Gasteiger partial charge in [-0.1, -0.05) is 11.1 Å². The molecular formula is C20H20N6O2+2. The first-order chi connectivity index (χ1) is 13.6. The molecule has 140 valence electrons. The van der Waals surface area contributed by atoms with Gasteiger partial charge >= 0.3 is 0 Å². The van der Waals surface area contributed by atoms with Crippen LogP contribution in [0.1, 0.15) is 22.8 Å². The number of nitrogen functional groups attached to an aromatic ring is 1. The van der Waals surface area contributed by atoms with E-state index in [1.54, 1.807) is 35.3 Å². The third-order valence-electron chi connectivity index (χ3n) is 4.65. The monoisotopic (exact) mass is 376 g/mol.